The lowest BCUT2D eigenvalue weighted by atomic mass is 10.1. The van der Waals surface area contributed by atoms with Crippen molar-refractivity contribution in [3.63, 3.8) is 0 Å². The molecule has 0 fully saturated rings. The molecule has 106 valence electrons. The van der Waals surface area contributed by atoms with E-state index in [-0.39, 0.29) is 0 Å². The Kier molecular flexibility index (Phi) is 7.27. The molecule has 0 heterocycles. The van der Waals surface area contributed by atoms with Crippen LogP contribution in [0, 0.1) is 6.92 Å². The van der Waals surface area contributed by atoms with Gasteiger partial charge in [-0.2, -0.15) is 0 Å². The van der Waals surface area contributed by atoms with E-state index in [9.17, 15) is 0 Å². The van der Waals surface area contributed by atoms with Crippen molar-refractivity contribution in [1.29, 1.82) is 0 Å². The Bertz CT molecular complexity index is 381. The van der Waals surface area contributed by atoms with Gasteiger partial charge < -0.3 is 10.2 Å². The number of aryl methyl sites for hydroxylation is 1. The summed E-state index contributed by atoms with van der Waals surface area (Å²) in [7, 11) is 0. The summed E-state index contributed by atoms with van der Waals surface area (Å²) in [5.74, 6) is 0. The topological polar surface area (TPSA) is 15.3 Å². The third kappa shape index (κ3) is 6.44. The van der Waals surface area contributed by atoms with Crippen LogP contribution >= 0.6 is 0 Å². The Morgan fingerprint density at radius 3 is 2.58 bits per heavy atom. The van der Waals surface area contributed by atoms with E-state index in [2.05, 4.69) is 61.8 Å². The van der Waals surface area contributed by atoms with E-state index in [1.165, 1.54) is 24.9 Å². The first-order valence-corrected chi connectivity index (χ1v) is 7.39. The van der Waals surface area contributed by atoms with Gasteiger partial charge in [-0.1, -0.05) is 32.6 Å². The van der Waals surface area contributed by atoms with Crippen LogP contribution in [0.4, 0.5) is 5.69 Å². The van der Waals surface area contributed by atoms with Crippen LogP contribution in [0.3, 0.4) is 0 Å². The smallest absolute Gasteiger partial charge is 0.0384 e. The quantitative estimate of drug-likeness (QED) is 0.661. The number of rotatable bonds is 9. The minimum atomic E-state index is 1.05. The molecule has 0 aliphatic carbocycles. The van der Waals surface area contributed by atoms with Crippen molar-refractivity contribution < 1.29 is 0 Å². The summed E-state index contributed by atoms with van der Waals surface area (Å²) < 4.78 is 0. The van der Waals surface area contributed by atoms with Crippen molar-refractivity contribution in [3.05, 3.63) is 42.1 Å². The minimum Gasteiger partial charge on any atom is -0.359 e. The van der Waals surface area contributed by atoms with Gasteiger partial charge in [0.05, 0.1) is 0 Å². The molecule has 0 radical (unpaired) electrons. The van der Waals surface area contributed by atoms with Gasteiger partial charge in [0.15, 0.2) is 0 Å². The van der Waals surface area contributed by atoms with E-state index >= 15 is 0 Å². The number of unbranched alkanes of at least 4 members (excludes halogenated alkanes) is 1. The summed E-state index contributed by atoms with van der Waals surface area (Å²) in [5, 5.41) is 3.39. The van der Waals surface area contributed by atoms with Gasteiger partial charge in [-0.25, -0.2) is 0 Å². The molecule has 0 bridgehead atoms. The lowest BCUT2D eigenvalue weighted by molar-refractivity contribution is 0.297. The van der Waals surface area contributed by atoms with Crippen LogP contribution in [0.5, 0.6) is 0 Å². The number of nitrogens with one attached hydrogen (secondary N) is 1. The number of nitrogens with zero attached hydrogens (tertiary/aromatic N) is 1. The number of anilines is 1. The van der Waals surface area contributed by atoms with Gasteiger partial charge in [-0.3, -0.25) is 0 Å². The molecule has 1 N–H and O–H groups in total. The molecule has 0 aliphatic rings. The lowest BCUT2D eigenvalue weighted by Gasteiger charge is -2.17. The SMILES string of the molecule is C=C(CCCCN(CC)CC)Nc1cccc(C)c1. The second-order valence-corrected chi connectivity index (χ2v) is 5.08. The van der Waals surface area contributed by atoms with E-state index in [0.29, 0.717) is 0 Å². The highest BCUT2D eigenvalue weighted by molar-refractivity contribution is 5.49. The Morgan fingerprint density at radius 1 is 1.21 bits per heavy atom. The molecule has 0 saturated carbocycles. The normalized spacial score (nSPS) is 10.7. The molecule has 19 heavy (non-hydrogen) atoms. The second-order valence-electron chi connectivity index (χ2n) is 5.08. The van der Waals surface area contributed by atoms with Crippen molar-refractivity contribution in [2.45, 2.75) is 40.0 Å². The summed E-state index contributed by atoms with van der Waals surface area (Å²) in [5.41, 5.74) is 3.54. The molecule has 1 rings (SSSR count). The number of allylic oxidation sites excluding steroid dienone is 1. The predicted octanol–water partition coefficient (Wildman–Crippen LogP) is 4.43. The monoisotopic (exact) mass is 260 g/mol. The largest absolute Gasteiger partial charge is 0.359 e. The van der Waals surface area contributed by atoms with Gasteiger partial charge in [0, 0.05) is 11.4 Å². The molecule has 0 saturated heterocycles. The third-order valence-electron chi connectivity index (χ3n) is 3.44. The second kappa shape index (κ2) is 8.76. The standard InChI is InChI=1S/C17H28N2/c1-5-19(6-2)13-8-7-11-16(4)18-17-12-9-10-15(3)14-17/h9-10,12,14,18H,4-8,11,13H2,1-3H3. The molecule has 0 atom stereocenters. The lowest BCUT2D eigenvalue weighted by Crippen LogP contribution is -2.23. The Balaban J connectivity index is 2.21. The fourth-order valence-corrected chi connectivity index (χ4v) is 2.20. The third-order valence-corrected chi connectivity index (χ3v) is 3.44. The van der Waals surface area contributed by atoms with Crippen LogP contribution in [-0.2, 0) is 0 Å². The maximum atomic E-state index is 4.11. The summed E-state index contributed by atoms with van der Waals surface area (Å²) in [6.45, 7) is 14.2. The molecule has 0 spiro atoms. The molecule has 2 heteroatoms. The molecule has 0 aromatic heterocycles. The number of hydrogen-bond donors (Lipinski definition) is 1. The van der Waals surface area contributed by atoms with Crippen molar-refractivity contribution in [2.75, 3.05) is 25.0 Å². The summed E-state index contributed by atoms with van der Waals surface area (Å²) in [6, 6.07) is 8.43. The zero-order valence-corrected chi connectivity index (χ0v) is 12.7. The van der Waals surface area contributed by atoms with Crippen molar-refractivity contribution in [1.82, 2.24) is 4.90 Å². The zero-order chi connectivity index (χ0) is 14.1. The van der Waals surface area contributed by atoms with Crippen molar-refractivity contribution in [2.24, 2.45) is 0 Å². The van der Waals surface area contributed by atoms with Gasteiger partial charge in [0.25, 0.3) is 0 Å². The summed E-state index contributed by atoms with van der Waals surface area (Å²) >= 11 is 0. The van der Waals surface area contributed by atoms with Gasteiger partial charge in [0.1, 0.15) is 0 Å². The summed E-state index contributed by atoms with van der Waals surface area (Å²) in [6.07, 6.45) is 3.50. The van der Waals surface area contributed by atoms with Crippen molar-refractivity contribution >= 4 is 5.69 Å². The Morgan fingerprint density at radius 2 is 1.95 bits per heavy atom. The van der Waals surface area contributed by atoms with Crippen LogP contribution < -0.4 is 5.32 Å². The minimum absolute atomic E-state index is 1.05. The maximum absolute atomic E-state index is 4.11. The van der Waals surface area contributed by atoms with Gasteiger partial charge >= 0.3 is 0 Å². The molecular formula is C17H28N2. The average Bonchev–Trinajstić information content (AvgIpc) is 2.39. The van der Waals surface area contributed by atoms with Crippen LogP contribution in [-0.4, -0.2) is 24.5 Å². The van der Waals surface area contributed by atoms with Crippen LogP contribution in [0.15, 0.2) is 36.5 Å². The molecule has 0 aliphatic heterocycles. The molecule has 1 aromatic rings. The van der Waals surface area contributed by atoms with E-state index < -0.39 is 0 Å². The van der Waals surface area contributed by atoms with Gasteiger partial charge in [0.2, 0.25) is 0 Å². The number of benzene rings is 1. The van der Waals surface area contributed by atoms with Crippen molar-refractivity contribution in [3.8, 4) is 0 Å². The summed E-state index contributed by atoms with van der Waals surface area (Å²) in [4.78, 5) is 2.47. The molecule has 0 amide bonds. The fourth-order valence-electron chi connectivity index (χ4n) is 2.20. The van der Waals surface area contributed by atoms with E-state index in [1.807, 2.05) is 0 Å². The first-order valence-electron chi connectivity index (χ1n) is 7.39. The Labute approximate surface area is 118 Å². The number of hydrogen-bond acceptors (Lipinski definition) is 2. The molecular weight excluding hydrogens is 232 g/mol. The molecule has 0 unspecified atom stereocenters. The highest BCUT2D eigenvalue weighted by Crippen LogP contribution is 2.14. The van der Waals surface area contributed by atoms with E-state index in [1.54, 1.807) is 0 Å². The fraction of sp³-hybridized carbons (Fsp3) is 0.529. The maximum Gasteiger partial charge on any atom is 0.0384 e. The van der Waals surface area contributed by atoms with Gasteiger partial charge in [-0.05, 0) is 63.5 Å². The average molecular weight is 260 g/mol. The highest BCUT2D eigenvalue weighted by Gasteiger charge is 2.00. The zero-order valence-electron chi connectivity index (χ0n) is 12.7. The van der Waals surface area contributed by atoms with Crippen LogP contribution in [0.2, 0.25) is 0 Å². The van der Waals surface area contributed by atoms with Crippen LogP contribution in [0.1, 0.15) is 38.7 Å². The first-order chi connectivity index (χ1) is 9.15. The Hall–Kier alpha value is -1.28. The van der Waals surface area contributed by atoms with E-state index in [0.717, 1.165) is 30.9 Å². The first kappa shape index (κ1) is 15.8. The molecule has 2 nitrogen and oxygen atoms in total. The van der Waals surface area contributed by atoms with Crippen LogP contribution in [0.25, 0.3) is 0 Å². The van der Waals surface area contributed by atoms with Gasteiger partial charge in [-0.15, -0.1) is 0 Å². The van der Waals surface area contributed by atoms with E-state index in [4.69, 9.17) is 0 Å². The predicted molar refractivity (Wildman–Crippen MR) is 85.6 cm³/mol. The molecule has 1 aromatic carbocycles. The highest BCUT2D eigenvalue weighted by atomic mass is 15.1.